The van der Waals surface area contributed by atoms with Gasteiger partial charge in [0.25, 0.3) is 11.1 Å². The number of hydrogen-bond acceptors (Lipinski definition) is 5. The van der Waals surface area contributed by atoms with Crippen molar-refractivity contribution >= 4 is 21.8 Å². The van der Waals surface area contributed by atoms with Gasteiger partial charge in [0.2, 0.25) is 0 Å². The average molecular weight is 466 g/mol. The predicted molar refractivity (Wildman–Crippen MR) is 134 cm³/mol. The fourth-order valence-electron chi connectivity index (χ4n) is 4.48. The number of rotatable bonds is 5. The van der Waals surface area contributed by atoms with E-state index in [0.29, 0.717) is 59.6 Å². The Morgan fingerprint density at radius 3 is 2.17 bits per heavy atom. The molecule has 7 heteroatoms. The lowest BCUT2D eigenvalue weighted by Crippen LogP contribution is -2.23. The summed E-state index contributed by atoms with van der Waals surface area (Å²) < 4.78 is 14.5. The standard InChI is InChI=1S/C28H23N3O4/c32-27-21-17-22-24(29-23(21)9-12-30(27)11-8-19-4-2-1-3-5-19)10-13-31(28(22)33)18-20-6-7-25-26(16-20)35-15-14-34-25/h1-7,9-10,12-13,16-17H,8,11,14-15,18H2. The van der Waals surface area contributed by atoms with Gasteiger partial charge in [-0.05, 0) is 47.9 Å². The molecule has 0 saturated heterocycles. The fourth-order valence-corrected chi connectivity index (χ4v) is 4.48. The third-order valence-corrected chi connectivity index (χ3v) is 6.33. The van der Waals surface area contributed by atoms with Gasteiger partial charge >= 0.3 is 0 Å². The smallest absolute Gasteiger partial charge is 0.260 e. The first kappa shape index (κ1) is 21.2. The first-order valence-electron chi connectivity index (χ1n) is 11.6. The first-order valence-corrected chi connectivity index (χ1v) is 11.6. The molecule has 35 heavy (non-hydrogen) atoms. The van der Waals surface area contributed by atoms with Crippen LogP contribution < -0.4 is 20.6 Å². The van der Waals surface area contributed by atoms with Crippen molar-refractivity contribution in [2.75, 3.05) is 13.2 Å². The molecule has 5 aromatic rings. The summed E-state index contributed by atoms with van der Waals surface area (Å²) in [6, 6.07) is 21.1. The van der Waals surface area contributed by atoms with E-state index in [2.05, 4.69) is 4.98 Å². The van der Waals surface area contributed by atoms with Crippen LogP contribution in [0.2, 0.25) is 0 Å². The number of aryl methyl sites for hydroxylation is 2. The molecule has 1 aliphatic heterocycles. The summed E-state index contributed by atoms with van der Waals surface area (Å²) in [6.07, 6.45) is 4.26. The highest BCUT2D eigenvalue weighted by molar-refractivity contribution is 5.91. The molecule has 0 fully saturated rings. The van der Waals surface area contributed by atoms with Gasteiger partial charge in [-0.25, -0.2) is 4.98 Å². The molecule has 4 heterocycles. The van der Waals surface area contributed by atoms with Crippen molar-refractivity contribution < 1.29 is 9.47 Å². The second-order valence-electron chi connectivity index (χ2n) is 8.63. The van der Waals surface area contributed by atoms with Gasteiger partial charge in [-0.1, -0.05) is 36.4 Å². The van der Waals surface area contributed by atoms with Crippen molar-refractivity contribution in [3.8, 4) is 11.5 Å². The summed E-state index contributed by atoms with van der Waals surface area (Å²) >= 11 is 0. The lowest BCUT2D eigenvalue weighted by molar-refractivity contribution is 0.171. The maximum atomic E-state index is 13.3. The van der Waals surface area contributed by atoms with Crippen LogP contribution in [-0.4, -0.2) is 27.3 Å². The molecule has 0 radical (unpaired) electrons. The Kier molecular flexibility index (Phi) is 5.29. The molecule has 3 aromatic heterocycles. The molecule has 0 aliphatic carbocycles. The molecule has 0 unspecified atom stereocenters. The number of hydrogen-bond donors (Lipinski definition) is 0. The van der Waals surface area contributed by atoms with Crippen molar-refractivity contribution in [2.45, 2.75) is 19.5 Å². The lowest BCUT2D eigenvalue weighted by atomic mass is 10.1. The number of nitrogens with zero attached hydrogens (tertiary/aromatic N) is 3. The van der Waals surface area contributed by atoms with E-state index in [1.54, 1.807) is 27.6 Å². The van der Waals surface area contributed by atoms with Crippen LogP contribution in [0.4, 0.5) is 0 Å². The van der Waals surface area contributed by atoms with Crippen LogP contribution in [0.1, 0.15) is 11.1 Å². The highest BCUT2D eigenvalue weighted by Crippen LogP contribution is 2.31. The molecular formula is C28H23N3O4. The van der Waals surface area contributed by atoms with Crippen LogP contribution in [0.25, 0.3) is 21.8 Å². The van der Waals surface area contributed by atoms with Gasteiger partial charge in [0.05, 0.1) is 28.4 Å². The van der Waals surface area contributed by atoms with Gasteiger partial charge in [-0.3, -0.25) is 9.59 Å². The van der Waals surface area contributed by atoms with Crippen molar-refractivity contribution in [2.24, 2.45) is 0 Å². The molecule has 0 bridgehead atoms. The molecule has 1 aliphatic rings. The Bertz CT molecular complexity index is 1670. The maximum Gasteiger partial charge on any atom is 0.260 e. The van der Waals surface area contributed by atoms with E-state index in [-0.39, 0.29) is 11.1 Å². The number of aromatic nitrogens is 3. The highest BCUT2D eigenvalue weighted by Gasteiger charge is 2.14. The Morgan fingerprint density at radius 2 is 1.40 bits per heavy atom. The van der Waals surface area contributed by atoms with Gasteiger partial charge in [0, 0.05) is 18.9 Å². The third-order valence-electron chi connectivity index (χ3n) is 6.33. The van der Waals surface area contributed by atoms with Gasteiger partial charge in [0.15, 0.2) is 11.5 Å². The second kappa shape index (κ2) is 8.76. The van der Waals surface area contributed by atoms with Gasteiger partial charge in [-0.2, -0.15) is 0 Å². The number of benzene rings is 2. The molecule has 0 N–H and O–H groups in total. The van der Waals surface area contributed by atoms with Crippen molar-refractivity contribution in [1.82, 2.24) is 14.1 Å². The minimum atomic E-state index is -0.189. The van der Waals surface area contributed by atoms with Crippen LogP contribution in [0.5, 0.6) is 11.5 Å². The quantitative estimate of drug-likeness (QED) is 0.370. The topological polar surface area (TPSA) is 75.3 Å². The van der Waals surface area contributed by atoms with E-state index in [1.165, 1.54) is 0 Å². The van der Waals surface area contributed by atoms with Gasteiger partial charge in [-0.15, -0.1) is 0 Å². The minimum Gasteiger partial charge on any atom is -0.486 e. The van der Waals surface area contributed by atoms with Gasteiger partial charge in [0.1, 0.15) is 13.2 Å². The SMILES string of the molecule is O=c1c2cc3c(=O)n(Cc4ccc5c(c4)OCCO5)ccc3nc2ccn1CCc1ccccc1. The van der Waals surface area contributed by atoms with Crippen LogP contribution in [-0.2, 0) is 19.5 Å². The molecule has 0 saturated carbocycles. The average Bonchev–Trinajstić information content (AvgIpc) is 2.90. The minimum absolute atomic E-state index is 0.144. The third kappa shape index (κ3) is 4.05. The molecule has 0 spiro atoms. The molecule has 0 amide bonds. The van der Waals surface area contributed by atoms with Crippen LogP contribution in [0.15, 0.2) is 88.7 Å². The Hall–Kier alpha value is -4.39. The summed E-state index contributed by atoms with van der Waals surface area (Å²) in [5.74, 6) is 1.40. The summed E-state index contributed by atoms with van der Waals surface area (Å²) in [6.45, 7) is 1.97. The fraction of sp³-hybridized carbons (Fsp3) is 0.179. The van der Waals surface area contributed by atoms with Crippen molar-refractivity contribution in [1.29, 1.82) is 0 Å². The normalized spacial score (nSPS) is 12.8. The summed E-state index contributed by atoms with van der Waals surface area (Å²) in [7, 11) is 0. The molecular weight excluding hydrogens is 442 g/mol. The molecule has 7 nitrogen and oxygen atoms in total. The van der Waals surface area contributed by atoms with E-state index in [9.17, 15) is 9.59 Å². The Morgan fingerprint density at radius 1 is 0.714 bits per heavy atom. The summed E-state index contributed by atoms with van der Waals surface area (Å²) in [5.41, 5.74) is 2.91. The Labute approximate surface area is 200 Å². The van der Waals surface area contributed by atoms with E-state index >= 15 is 0 Å². The lowest BCUT2D eigenvalue weighted by Gasteiger charge is -2.19. The number of ether oxygens (including phenoxy) is 2. The van der Waals surface area contributed by atoms with E-state index in [0.717, 1.165) is 17.5 Å². The van der Waals surface area contributed by atoms with Gasteiger partial charge < -0.3 is 18.6 Å². The zero-order valence-corrected chi connectivity index (χ0v) is 19.0. The van der Waals surface area contributed by atoms with E-state index in [1.807, 2.05) is 60.7 Å². The van der Waals surface area contributed by atoms with Crippen LogP contribution >= 0.6 is 0 Å². The number of fused-ring (bicyclic) bond motifs is 3. The van der Waals surface area contributed by atoms with E-state index in [4.69, 9.17) is 9.47 Å². The van der Waals surface area contributed by atoms with E-state index < -0.39 is 0 Å². The monoisotopic (exact) mass is 465 g/mol. The zero-order chi connectivity index (χ0) is 23.8. The summed E-state index contributed by atoms with van der Waals surface area (Å²) in [5, 5.41) is 0.873. The highest BCUT2D eigenvalue weighted by atomic mass is 16.6. The van der Waals surface area contributed by atoms with Crippen LogP contribution in [0, 0.1) is 0 Å². The summed E-state index contributed by atoms with van der Waals surface area (Å²) in [4.78, 5) is 31.1. The van der Waals surface area contributed by atoms with Crippen LogP contribution in [0.3, 0.4) is 0 Å². The Balaban J connectivity index is 1.35. The maximum absolute atomic E-state index is 13.3. The first-order chi connectivity index (χ1) is 17.2. The molecule has 2 aromatic carbocycles. The molecule has 6 rings (SSSR count). The largest absolute Gasteiger partial charge is 0.486 e. The van der Waals surface area contributed by atoms with Crippen molar-refractivity contribution in [3.63, 3.8) is 0 Å². The zero-order valence-electron chi connectivity index (χ0n) is 19.0. The molecule has 174 valence electrons. The number of pyridine rings is 3. The predicted octanol–water partition coefficient (Wildman–Crippen LogP) is 3.77. The molecule has 0 atom stereocenters. The van der Waals surface area contributed by atoms with Crippen molar-refractivity contribution in [3.05, 3.63) is 111 Å². The second-order valence-corrected chi connectivity index (χ2v) is 8.63.